The molecule has 1 unspecified atom stereocenters. The van der Waals surface area contributed by atoms with Gasteiger partial charge in [0.15, 0.2) is 5.79 Å². The molecule has 0 aromatic heterocycles. The normalized spacial score (nSPS) is 34.2. The molecule has 4 nitrogen and oxygen atoms in total. The first-order chi connectivity index (χ1) is 5.77. The summed E-state index contributed by atoms with van der Waals surface area (Å²) in [5, 5.41) is 6.39. The van der Waals surface area contributed by atoms with Crippen molar-refractivity contribution in [2.45, 2.75) is 18.6 Å². The van der Waals surface area contributed by atoms with Gasteiger partial charge >= 0.3 is 0 Å². The zero-order valence-corrected chi connectivity index (χ0v) is 7.17. The standard InChI is InChI=1S/C8H14N4/c1-10-8(6-2-3-6)11-4-7(9)5-12-8/h4-6,10-11H,2-3,9H2,1H3. The Kier molecular flexibility index (Phi) is 1.58. The van der Waals surface area contributed by atoms with Gasteiger partial charge in [-0.25, -0.2) is 4.99 Å². The molecule has 66 valence electrons. The molecule has 0 saturated heterocycles. The van der Waals surface area contributed by atoms with Crippen LogP contribution in [-0.2, 0) is 0 Å². The first-order valence-electron chi connectivity index (χ1n) is 4.24. The van der Waals surface area contributed by atoms with Crippen LogP contribution in [0.15, 0.2) is 16.9 Å². The minimum absolute atomic E-state index is 0.275. The summed E-state index contributed by atoms with van der Waals surface area (Å²) in [5.74, 6) is 0.339. The molecule has 0 radical (unpaired) electrons. The highest BCUT2D eigenvalue weighted by atomic mass is 15.3. The molecule has 0 aromatic rings. The Bertz CT molecular complexity index is 241. The second-order valence-corrected chi connectivity index (χ2v) is 3.34. The number of hydrogen-bond acceptors (Lipinski definition) is 4. The maximum atomic E-state index is 5.55. The molecule has 1 atom stereocenters. The van der Waals surface area contributed by atoms with Crippen LogP contribution in [0.25, 0.3) is 0 Å². The molecule has 0 spiro atoms. The molecule has 1 fully saturated rings. The third-order valence-electron chi connectivity index (χ3n) is 2.43. The fraction of sp³-hybridized carbons (Fsp3) is 0.625. The molecule has 1 aliphatic heterocycles. The quantitative estimate of drug-likeness (QED) is 0.530. The van der Waals surface area contributed by atoms with Gasteiger partial charge in [0, 0.05) is 18.3 Å². The predicted octanol–water partition coefficient (Wildman–Crippen LogP) is -0.256. The molecule has 0 amide bonds. The average Bonchev–Trinajstić information content (AvgIpc) is 2.90. The van der Waals surface area contributed by atoms with Crippen molar-refractivity contribution in [1.29, 1.82) is 0 Å². The molecule has 1 heterocycles. The molecule has 0 aromatic carbocycles. The van der Waals surface area contributed by atoms with Crippen molar-refractivity contribution in [2.24, 2.45) is 16.6 Å². The molecule has 4 N–H and O–H groups in total. The van der Waals surface area contributed by atoms with Gasteiger partial charge in [-0.15, -0.1) is 0 Å². The second-order valence-electron chi connectivity index (χ2n) is 3.34. The van der Waals surface area contributed by atoms with Gasteiger partial charge < -0.3 is 11.1 Å². The lowest BCUT2D eigenvalue weighted by molar-refractivity contribution is 0.276. The molecular formula is C8H14N4. The topological polar surface area (TPSA) is 62.4 Å². The molecule has 12 heavy (non-hydrogen) atoms. The van der Waals surface area contributed by atoms with E-state index in [1.807, 2.05) is 13.2 Å². The highest BCUT2D eigenvalue weighted by Gasteiger charge is 2.44. The number of rotatable bonds is 2. The average molecular weight is 166 g/mol. The smallest absolute Gasteiger partial charge is 0.187 e. The molecule has 4 heteroatoms. The third kappa shape index (κ3) is 1.08. The van der Waals surface area contributed by atoms with Crippen LogP contribution >= 0.6 is 0 Å². The van der Waals surface area contributed by atoms with E-state index in [0.29, 0.717) is 11.6 Å². The lowest BCUT2D eigenvalue weighted by Crippen LogP contribution is -2.55. The largest absolute Gasteiger partial charge is 0.396 e. The van der Waals surface area contributed by atoms with Gasteiger partial charge in [0.25, 0.3) is 0 Å². The van der Waals surface area contributed by atoms with E-state index in [2.05, 4.69) is 15.6 Å². The van der Waals surface area contributed by atoms with Crippen LogP contribution in [0.5, 0.6) is 0 Å². The Morgan fingerprint density at radius 1 is 1.75 bits per heavy atom. The SMILES string of the molecule is CNC1(C2CC2)N=CC(N)=CN1. The Morgan fingerprint density at radius 2 is 2.50 bits per heavy atom. The number of nitrogens with zero attached hydrogens (tertiary/aromatic N) is 1. The van der Waals surface area contributed by atoms with E-state index >= 15 is 0 Å². The summed E-state index contributed by atoms with van der Waals surface area (Å²) in [6, 6.07) is 0. The lowest BCUT2D eigenvalue weighted by Gasteiger charge is -2.32. The maximum Gasteiger partial charge on any atom is 0.187 e. The van der Waals surface area contributed by atoms with E-state index in [1.54, 1.807) is 6.21 Å². The number of nitrogens with one attached hydrogen (secondary N) is 2. The second kappa shape index (κ2) is 2.48. The molecule has 1 aliphatic carbocycles. The van der Waals surface area contributed by atoms with Gasteiger partial charge in [0.1, 0.15) is 0 Å². The van der Waals surface area contributed by atoms with Crippen molar-refractivity contribution >= 4 is 6.21 Å². The molecule has 2 rings (SSSR count). The van der Waals surface area contributed by atoms with Gasteiger partial charge in [0.05, 0.1) is 5.70 Å². The van der Waals surface area contributed by atoms with E-state index in [1.165, 1.54) is 12.8 Å². The van der Waals surface area contributed by atoms with Crippen LogP contribution in [0.2, 0.25) is 0 Å². The van der Waals surface area contributed by atoms with E-state index in [0.717, 1.165) is 0 Å². The molecule has 1 saturated carbocycles. The number of nitrogens with two attached hydrogens (primary N) is 1. The van der Waals surface area contributed by atoms with E-state index in [9.17, 15) is 0 Å². The van der Waals surface area contributed by atoms with Gasteiger partial charge in [-0.1, -0.05) is 0 Å². The van der Waals surface area contributed by atoms with Crippen LogP contribution in [0.3, 0.4) is 0 Å². The Labute approximate surface area is 71.9 Å². The highest BCUT2D eigenvalue weighted by molar-refractivity contribution is 5.78. The van der Waals surface area contributed by atoms with E-state index < -0.39 is 0 Å². The zero-order valence-electron chi connectivity index (χ0n) is 7.17. The first kappa shape index (κ1) is 7.61. The van der Waals surface area contributed by atoms with Crippen LogP contribution < -0.4 is 16.4 Å². The van der Waals surface area contributed by atoms with E-state index in [4.69, 9.17) is 5.73 Å². The van der Waals surface area contributed by atoms with Crippen LogP contribution in [-0.4, -0.2) is 19.0 Å². The number of hydrogen-bond donors (Lipinski definition) is 3. The zero-order chi connectivity index (χ0) is 8.60. The van der Waals surface area contributed by atoms with Crippen molar-refractivity contribution in [3.8, 4) is 0 Å². The minimum atomic E-state index is -0.275. The summed E-state index contributed by atoms with van der Waals surface area (Å²) in [6.07, 6.45) is 5.99. The molecule has 0 bridgehead atoms. The first-order valence-corrected chi connectivity index (χ1v) is 4.24. The fourth-order valence-corrected chi connectivity index (χ4v) is 1.51. The lowest BCUT2D eigenvalue weighted by atomic mass is 10.2. The highest BCUT2D eigenvalue weighted by Crippen LogP contribution is 2.39. The summed E-state index contributed by atoms with van der Waals surface area (Å²) in [7, 11) is 1.91. The van der Waals surface area contributed by atoms with Gasteiger partial charge in [0.2, 0.25) is 0 Å². The minimum Gasteiger partial charge on any atom is -0.396 e. The van der Waals surface area contributed by atoms with Gasteiger partial charge in [-0.3, -0.25) is 5.32 Å². The maximum absolute atomic E-state index is 5.55. The van der Waals surface area contributed by atoms with Crippen LogP contribution in [0.4, 0.5) is 0 Å². The summed E-state index contributed by atoms with van der Waals surface area (Å²) >= 11 is 0. The summed E-state index contributed by atoms with van der Waals surface area (Å²) in [5.41, 5.74) is 6.23. The van der Waals surface area contributed by atoms with E-state index in [-0.39, 0.29) is 5.79 Å². The van der Waals surface area contributed by atoms with Crippen LogP contribution in [0.1, 0.15) is 12.8 Å². The molecule has 2 aliphatic rings. The number of allylic oxidation sites excluding steroid dienone is 1. The van der Waals surface area contributed by atoms with Crippen molar-refractivity contribution < 1.29 is 0 Å². The number of aliphatic imine (C=N–C) groups is 1. The monoisotopic (exact) mass is 166 g/mol. The summed E-state index contributed by atoms with van der Waals surface area (Å²) in [4.78, 5) is 4.38. The van der Waals surface area contributed by atoms with Gasteiger partial charge in [-0.05, 0) is 19.9 Å². The van der Waals surface area contributed by atoms with Crippen molar-refractivity contribution in [3.63, 3.8) is 0 Å². The fourth-order valence-electron chi connectivity index (χ4n) is 1.51. The Balaban J connectivity index is 2.15. The predicted molar refractivity (Wildman–Crippen MR) is 48.4 cm³/mol. The third-order valence-corrected chi connectivity index (χ3v) is 2.43. The van der Waals surface area contributed by atoms with Crippen LogP contribution in [0, 0.1) is 5.92 Å². The van der Waals surface area contributed by atoms with Crippen molar-refractivity contribution in [3.05, 3.63) is 11.9 Å². The van der Waals surface area contributed by atoms with Crippen molar-refractivity contribution in [1.82, 2.24) is 10.6 Å². The molecular weight excluding hydrogens is 152 g/mol. The summed E-state index contributed by atoms with van der Waals surface area (Å²) < 4.78 is 0. The Morgan fingerprint density at radius 3 is 2.92 bits per heavy atom. The Hall–Kier alpha value is -1.03. The summed E-state index contributed by atoms with van der Waals surface area (Å²) in [6.45, 7) is 0. The van der Waals surface area contributed by atoms with Gasteiger partial charge in [-0.2, -0.15) is 0 Å². The van der Waals surface area contributed by atoms with Crippen molar-refractivity contribution in [2.75, 3.05) is 7.05 Å².